The second-order valence-corrected chi connectivity index (χ2v) is 5.47. The molecule has 2 atom stereocenters. The lowest BCUT2D eigenvalue weighted by atomic mass is 10.0. The minimum Gasteiger partial charge on any atom is -0.294 e. The summed E-state index contributed by atoms with van der Waals surface area (Å²) in [7, 11) is -1.76. The summed E-state index contributed by atoms with van der Waals surface area (Å²) in [5, 5.41) is 0. The third kappa shape index (κ3) is 2.94. The molecule has 84 valence electrons. The van der Waals surface area contributed by atoms with Crippen LogP contribution in [-0.2, 0) is 14.8 Å². The molecule has 1 heterocycles. The van der Waals surface area contributed by atoms with E-state index < -0.39 is 22.0 Å². The molecule has 0 aliphatic carbocycles. The molecule has 1 aliphatic heterocycles. The van der Waals surface area contributed by atoms with E-state index >= 15 is 0 Å². The molecule has 0 aromatic carbocycles. The third-order valence-corrected chi connectivity index (χ3v) is 2.99. The number of nitrogens with zero attached hydrogens (tertiary/aromatic N) is 1. The molecule has 1 rings (SSSR count). The molecule has 0 radical (unpaired) electrons. The molecule has 0 aromatic rings. The number of carbonyl (C=O) groups excluding carboxylic acids is 1. The lowest BCUT2D eigenvalue weighted by molar-refractivity contribution is -0.123. The molecular formula is C9H14N2O3S. The van der Waals surface area contributed by atoms with Gasteiger partial charge >= 0.3 is 0 Å². The standard InChI is InChI=1S/C9H14N2O3S/c1-4-7-5-6-11(2)8(7)9(12)10-15(3,13)14/h1,7-8H,5-6H2,2-3H3,(H,10,12)/t7-,8-/m0/s1. The molecule has 0 bridgehead atoms. The Morgan fingerprint density at radius 2 is 2.20 bits per heavy atom. The van der Waals surface area contributed by atoms with Gasteiger partial charge in [0, 0.05) is 5.92 Å². The maximum Gasteiger partial charge on any atom is 0.252 e. The Bertz CT molecular complexity index is 396. The van der Waals surface area contributed by atoms with Crippen LogP contribution in [0.1, 0.15) is 6.42 Å². The summed E-state index contributed by atoms with van der Waals surface area (Å²) in [4.78, 5) is 13.4. The molecule has 1 aliphatic rings. The van der Waals surface area contributed by atoms with Crippen molar-refractivity contribution in [2.45, 2.75) is 12.5 Å². The van der Waals surface area contributed by atoms with Gasteiger partial charge in [-0.15, -0.1) is 12.3 Å². The molecular weight excluding hydrogens is 216 g/mol. The van der Waals surface area contributed by atoms with E-state index in [1.165, 1.54) is 0 Å². The van der Waals surface area contributed by atoms with Gasteiger partial charge in [-0.25, -0.2) is 8.42 Å². The van der Waals surface area contributed by atoms with Crippen molar-refractivity contribution in [3.8, 4) is 12.3 Å². The predicted molar refractivity (Wildman–Crippen MR) is 56.3 cm³/mol. The minimum atomic E-state index is -3.51. The van der Waals surface area contributed by atoms with Gasteiger partial charge in [0.15, 0.2) is 0 Å². The van der Waals surface area contributed by atoms with E-state index in [-0.39, 0.29) is 5.92 Å². The quantitative estimate of drug-likeness (QED) is 0.619. The van der Waals surface area contributed by atoms with Gasteiger partial charge in [-0.05, 0) is 20.0 Å². The van der Waals surface area contributed by atoms with Gasteiger partial charge < -0.3 is 0 Å². The van der Waals surface area contributed by atoms with Crippen molar-refractivity contribution >= 4 is 15.9 Å². The van der Waals surface area contributed by atoms with E-state index in [2.05, 4.69) is 5.92 Å². The molecule has 0 unspecified atom stereocenters. The Morgan fingerprint density at radius 1 is 1.60 bits per heavy atom. The van der Waals surface area contributed by atoms with Crippen LogP contribution in [-0.4, -0.2) is 45.1 Å². The molecule has 1 fully saturated rings. The van der Waals surface area contributed by atoms with Crippen LogP contribution >= 0.6 is 0 Å². The van der Waals surface area contributed by atoms with Gasteiger partial charge in [0.25, 0.3) is 5.91 Å². The summed E-state index contributed by atoms with van der Waals surface area (Å²) >= 11 is 0. The van der Waals surface area contributed by atoms with E-state index in [0.717, 1.165) is 12.7 Å². The first-order chi connectivity index (χ1) is 6.85. The number of amides is 1. The molecule has 1 N–H and O–H groups in total. The van der Waals surface area contributed by atoms with Crippen molar-refractivity contribution in [2.24, 2.45) is 5.92 Å². The summed E-state index contributed by atoms with van der Waals surface area (Å²) in [6.07, 6.45) is 6.95. The number of rotatable bonds is 2. The highest BCUT2D eigenvalue weighted by Crippen LogP contribution is 2.22. The first-order valence-electron chi connectivity index (χ1n) is 4.53. The molecule has 0 spiro atoms. The Morgan fingerprint density at radius 3 is 2.67 bits per heavy atom. The zero-order valence-electron chi connectivity index (χ0n) is 8.73. The van der Waals surface area contributed by atoms with Gasteiger partial charge in [-0.2, -0.15) is 0 Å². The summed E-state index contributed by atoms with van der Waals surface area (Å²) in [5.74, 6) is 1.76. The van der Waals surface area contributed by atoms with Gasteiger partial charge in [0.2, 0.25) is 10.0 Å². The normalized spacial score (nSPS) is 27.3. The highest BCUT2D eigenvalue weighted by Gasteiger charge is 2.37. The van der Waals surface area contributed by atoms with Crippen LogP contribution in [0.5, 0.6) is 0 Å². The number of nitrogens with one attached hydrogen (secondary N) is 1. The maximum absolute atomic E-state index is 11.6. The number of terminal acetylenes is 1. The van der Waals surface area contributed by atoms with E-state index in [4.69, 9.17) is 6.42 Å². The van der Waals surface area contributed by atoms with Crippen molar-refractivity contribution in [1.82, 2.24) is 9.62 Å². The number of likely N-dealkylation sites (tertiary alicyclic amines) is 1. The maximum atomic E-state index is 11.6. The molecule has 0 saturated carbocycles. The average molecular weight is 230 g/mol. The molecule has 15 heavy (non-hydrogen) atoms. The van der Waals surface area contributed by atoms with Gasteiger partial charge in [0.1, 0.15) is 6.04 Å². The topological polar surface area (TPSA) is 66.5 Å². The first kappa shape index (κ1) is 12.0. The third-order valence-electron chi connectivity index (χ3n) is 2.42. The minimum absolute atomic E-state index is 0.211. The van der Waals surface area contributed by atoms with Crippen LogP contribution in [0.25, 0.3) is 0 Å². The molecule has 5 nitrogen and oxygen atoms in total. The van der Waals surface area contributed by atoms with Crippen LogP contribution in [0, 0.1) is 18.3 Å². The summed E-state index contributed by atoms with van der Waals surface area (Å²) in [6, 6.07) is -0.537. The van der Waals surface area contributed by atoms with Gasteiger partial charge in [0.05, 0.1) is 6.26 Å². The highest BCUT2D eigenvalue weighted by atomic mass is 32.2. The van der Waals surface area contributed by atoms with E-state index in [1.54, 1.807) is 11.9 Å². The lowest BCUT2D eigenvalue weighted by Gasteiger charge is -2.20. The molecule has 0 aromatic heterocycles. The molecule has 1 amide bonds. The van der Waals surface area contributed by atoms with Crippen LogP contribution in [0.2, 0.25) is 0 Å². The van der Waals surface area contributed by atoms with Crippen molar-refractivity contribution in [1.29, 1.82) is 0 Å². The number of carbonyl (C=O) groups is 1. The smallest absolute Gasteiger partial charge is 0.252 e. The number of hydrogen-bond acceptors (Lipinski definition) is 4. The van der Waals surface area contributed by atoms with Crippen LogP contribution in [0.4, 0.5) is 0 Å². The van der Waals surface area contributed by atoms with E-state index in [1.807, 2.05) is 4.72 Å². The SMILES string of the molecule is C#C[C@H]1CCN(C)[C@@H]1C(=O)NS(C)(=O)=O. The van der Waals surface area contributed by atoms with Gasteiger partial charge in [-0.3, -0.25) is 14.4 Å². The number of sulfonamides is 1. The van der Waals surface area contributed by atoms with E-state index in [0.29, 0.717) is 6.54 Å². The Balaban J connectivity index is 2.78. The Kier molecular flexibility index (Phi) is 3.37. The van der Waals surface area contributed by atoms with Crippen LogP contribution in [0.15, 0.2) is 0 Å². The Labute approximate surface area is 89.9 Å². The fourth-order valence-electron chi connectivity index (χ4n) is 1.75. The largest absolute Gasteiger partial charge is 0.294 e. The molecule has 6 heteroatoms. The summed E-state index contributed by atoms with van der Waals surface area (Å²) < 4.78 is 23.7. The zero-order valence-corrected chi connectivity index (χ0v) is 9.54. The first-order valence-corrected chi connectivity index (χ1v) is 6.42. The number of hydrogen-bond donors (Lipinski definition) is 1. The van der Waals surface area contributed by atoms with Gasteiger partial charge in [-0.1, -0.05) is 0 Å². The van der Waals surface area contributed by atoms with E-state index in [9.17, 15) is 13.2 Å². The number of likely N-dealkylation sites (N-methyl/N-ethyl adjacent to an activating group) is 1. The zero-order chi connectivity index (χ0) is 11.6. The predicted octanol–water partition coefficient (Wildman–Crippen LogP) is -0.984. The fraction of sp³-hybridized carbons (Fsp3) is 0.667. The fourth-order valence-corrected chi connectivity index (χ4v) is 2.23. The lowest BCUT2D eigenvalue weighted by Crippen LogP contribution is -2.46. The molecule has 1 saturated heterocycles. The second-order valence-electron chi connectivity index (χ2n) is 3.73. The second kappa shape index (κ2) is 4.21. The average Bonchev–Trinajstić information content (AvgIpc) is 2.43. The van der Waals surface area contributed by atoms with Crippen molar-refractivity contribution in [3.05, 3.63) is 0 Å². The van der Waals surface area contributed by atoms with Crippen LogP contribution in [0.3, 0.4) is 0 Å². The van der Waals surface area contributed by atoms with Crippen molar-refractivity contribution in [3.63, 3.8) is 0 Å². The summed E-state index contributed by atoms with van der Waals surface area (Å²) in [5.41, 5.74) is 0. The van der Waals surface area contributed by atoms with Crippen molar-refractivity contribution in [2.75, 3.05) is 19.8 Å². The highest BCUT2D eigenvalue weighted by molar-refractivity contribution is 7.89. The monoisotopic (exact) mass is 230 g/mol. The van der Waals surface area contributed by atoms with Crippen molar-refractivity contribution < 1.29 is 13.2 Å². The Hall–Kier alpha value is -1.06. The summed E-state index contributed by atoms with van der Waals surface area (Å²) in [6.45, 7) is 0.705. The van der Waals surface area contributed by atoms with Crippen LogP contribution < -0.4 is 4.72 Å².